The number of sulfonamides is 1. The summed E-state index contributed by atoms with van der Waals surface area (Å²) in [6.07, 6.45) is 0.508. The van der Waals surface area contributed by atoms with E-state index < -0.39 is 28.5 Å². The molecule has 0 heterocycles. The van der Waals surface area contributed by atoms with Crippen LogP contribution in [0.3, 0.4) is 0 Å². The summed E-state index contributed by atoms with van der Waals surface area (Å²) < 4.78 is 28.3. The molecule has 9 heteroatoms. The van der Waals surface area contributed by atoms with E-state index >= 15 is 0 Å². The number of likely N-dealkylation sites (N-methyl/N-ethyl adjacent to an activating group) is 1. The van der Waals surface area contributed by atoms with Crippen molar-refractivity contribution in [3.8, 4) is 0 Å². The third kappa shape index (κ3) is 6.65. The molecule has 0 aromatic heterocycles. The maximum absolute atomic E-state index is 13.7. The molecule has 190 valence electrons. The fraction of sp³-hybridized carbons (Fsp3) is 0.259. The summed E-state index contributed by atoms with van der Waals surface area (Å²) in [7, 11) is -4.13. The third-order valence-corrected chi connectivity index (χ3v) is 7.83. The van der Waals surface area contributed by atoms with Crippen molar-refractivity contribution in [2.75, 3.05) is 23.9 Å². The van der Waals surface area contributed by atoms with Gasteiger partial charge in [0.25, 0.3) is 10.0 Å². The van der Waals surface area contributed by atoms with E-state index in [1.165, 1.54) is 17.0 Å². The van der Waals surface area contributed by atoms with Crippen molar-refractivity contribution in [3.63, 3.8) is 0 Å². The van der Waals surface area contributed by atoms with E-state index in [9.17, 15) is 18.0 Å². The topological polar surface area (TPSA) is 86.8 Å². The molecule has 3 rings (SSSR count). The van der Waals surface area contributed by atoms with Crippen molar-refractivity contribution in [3.05, 3.63) is 95.5 Å². The zero-order chi connectivity index (χ0) is 26.1. The number of anilines is 1. The quantitative estimate of drug-likeness (QED) is 0.406. The van der Waals surface area contributed by atoms with Gasteiger partial charge < -0.3 is 10.2 Å². The number of hydrogen-bond acceptors (Lipinski definition) is 4. The van der Waals surface area contributed by atoms with Gasteiger partial charge in [0.05, 0.1) is 15.6 Å². The Balaban J connectivity index is 1.97. The zero-order valence-corrected chi connectivity index (χ0v) is 21.9. The molecule has 0 fully saturated rings. The maximum Gasteiger partial charge on any atom is 0.264 e. The molecule has 0 aliphatic carbocycles. The van der Waals surface area contributed by atoms with Gasteiger partial charge in [0.2, 0.25) is 11.8 Å². The highest BCUT2D eigenvalue weighted by molar-refractivity contribution is 7.92. The lowest BCUT2D eigenvalue weighted by Crippen LogP contribution is -2.52. The van der Waals surface area contributed by atoms with E-state index in [1.54, 1.807) is 56.3 Å². The molecule has 1 N–H and O–H groups in total. The minimum absolute atomic E-state index is 0.0327. The molecule has 1 atom stereocenters. The second kappa shape index (κ2) is 12.6. The molecular formula is C27H30ClN3O4S. The molecule has 0 saturated heterocycles. The second-order valence-electron chi connectivity index (χ2n) is 8.17. The van der Waals surface area contributed by atoms with E-state index in [-0.39, 0.29) is 28.1 Å². The van der Waals surface area contributed by atoms with Crippen molar-refractivity contribution >= 4 is 39.1 Å². The van der Waals surface area contributed by atoms with Crippen LogP contribution in [-0.2, 0) is 26.0 Å². The van der Waals surface area contributed by atoms with Gasteiger partial charge in [-0.3, -0.25) is 13.9 Å². The molecule has 0 aliphatic heterocycles. The van der Waals surface area contributed by atoms with Gasteiger partial charge in [0.15, 0.2) is 0 Å². The van der Waals surface area contributed by atoms with Gasteiger partial charge in [-0.25, -0.2) is 8.42 Å². The number of carbonyl (C=O) groups is 2. The Kier molecular flexibility index (Phi) is 9.50. The summed E-state index contributed by atoms with van der Waals surface area (Å²) in [5, 5.41) is 2.94. The molecule has 0 spiro atoms. The predicted octanol–water partition coefficient (Wildman–Crippen LogP) is 4.13. The van der Waals surface area contributed by atoms with Crippen molar-refractivity contribution in [1.29, 1.82) is 0 Å². The standard InChI is InChI=1S/C27H30ClN3O4S/c1-3-29-27(33)21(2)30(19-18-22-12-6-4-7-13-22)26(32)20-31(25-17-11-10-16-24(25)28)36(34,35)23-14-8-5-9-15-23/h4-17,21H,3,18-20H2,1-2H3,(H,29,33)/t21-/m0/s1. The lowest BCUT2D eigenvalue weighted by atomic mass is 10.1. The van der Waals surface area contributed by atoms with Crippen LogP contribution < -0.4 is 9.62 Å². The first kappa shape index (κ1) is 27.2. The minimum atomic E-state index is -4.13. The first-order chi connectivity index (χ1) is 17.3. The number of carbonyl (C=O) groups excluding carboxylic acids is 2. The summed E-state index contributed by atoms with van der Waals surface area (Å²) in [5.74, 6) is -0.821. The Hall–Kier alpha value is -3.36. The average molecular weight is 528 g/mol. The summed E-state index contributed by atoms with van der Waals surface area (Å²) in [5.41, 5.74) is 1.18. The minimum Gasteiger partial charge on any atom is -0.355 e. The molecule has 2 amide bonds. The fourth-order valence-corrected chi connectivity index (χ4v) is 5.52. The third-order valence-electron chi connectivity index (χ3n) is 5.73. The lowest BCUT2D eigenvalue weighted by molar-refractivity contribution is -0.138. The van der Waals surface area contributed by atoms with Gasteiger partial charge in [-0.2, -0.15) is 0 Å². The lowest BCUT2D eigenvalue weighted by Gasteiger charge is -2.32. The Morgan fingerprint density at radius 3 is 2.11 bits per heavy atom. The van der Waals surface area contributed by atoms with Crippen LogP contribution in [0.1, 0.15) is 19.4 Å². The molecule has 36 heavy (non-hydrogen) atoms. The van der Waals surface area contributed by atoms with Gasteiger partial charge in [-0.1, -0.05) is 72.3 Å². The van der Waals surface area contributed by atoms with Crippen LogP contribution in [0.2, 0.25) is 5.02 Å². The van der Waals surface area contributed by atoms with Gasteiger partial charge in [-0.05, 0) is 50.1 Å². The number of para-hydroxylation sites is 1. The SMILES string of the molecule is CCNC(=O)[C@H](C)N(CCc1ccccc1)C(=O)CN(c1ccccc1Cl)S(=O)(=O)c1ccccc1. The highest BCUT2D eigenvalue weighted by Gasteiger charge is 2.32. The van der Waals surface area contributed by atoms with E-state index in [1.807, 2.05) is 30.3 Å². The average Bonchev–Trinajstić information content (AvgIpc) is 2.89. The number of halogens is 1. The van der Waals surface area contributed by atoms with Gasteiger partial charge in [-0.15, -0.1) is 0 Å². The van der Waals surface area contributed by atoms with Crippen molar-refractivity contribution in [1.82, 2.24) is 10.2 Å². The highest BCUT2D eigenvalue weighted by atomic mass is 35.5. The smallest absolute Gasteiger partial charge is 0.264 e. The molecule has 0 aliphatic rings. The molecule has 0 unspecified atom stereocenters. The zero-order valence-electron chi connectivity index (χ0n) is 20.3. The molecule has 3 aromatic rings. The van der Waals surface area contributed by atoms with Crippen molar-refractivity contribution < 1.29 is 18.0 Å². The summed E-state index contributed by atoms with van der Waals surface area (Å²) >= 11 is 6.38. The van der Waals surface area contributed by atoms with Crippen LogP contribution >= 0.6 is 11.6 Å². The van der Waals surface area contributed by atoms with Crippen molar-refractivity contribution in [2.45, 2.75) is 31.2 Å². The number of benzene rings is 3. The first-order valence-corrected chi connectivity index (χ1v) is 13.5. The fourth-order valence-electron chi connectivity index (χ4n) is 3.78. The predicted molar refractivity (Wildman–Crippen MR) is 142 cm³/mol. The Morgan fingerprint density at radius 2 is 1.50 bits per heavy atom. The number of nitrogens with zero attached hydrogens (tertiary/aromatic N) is 2. The van der Waals surface area contributed by atoms with Crippen LogP contribution in [-0.4, -0.2) is 50.8 Å². The van der Waals surface area contributed by atoms with E-state index in [0.717, 1.165) is 9.87 Å². The van der Waals surface area contributed by atoms with Gasteiger partial charge in [0, 0.05) is 13.1 Å². The normalized spacial score (nSPS) is 12.0. The Morgan fingerprint density at radius 1 is 0.917 bits per heavy atom. The van der Waals surface area contributed by atoms with E-state index in [0.29, 0.717) is 13.0 Å². The van der Waals surface area contributed by atoms with Crippen LogP contribution in [0, 0.1) is 0 Å². The van der Waals surface area contributed by atoms with Crippen LogP contribution in [0.15, 0.2) is 89.8 Å². The Labute approximate surface area is 217 Å². The monoisotopic (exact) mass is 527 g/mol. The molecule has 3 aromatic carbocycles. The maximum atomic E-state index is 13.7. The van der Waals surface area contributed by atoms with E-state index in [4.69, 9.17) is 11.6 Å². The van der Waals surface area contributed by atoms with Gasteiger partial charge in [0.1, 0.15) is 12.6 Å². The number of hydrogen-bond donors (Lipinski definition) is 1. The molecular weight excluding hydrogens is 498 g/mol. The first-order valence-electron chi connectivity index (χ1n) is 11.7. The highest BCUT2D eigenvalue weighted by Crippen LogP contribution is 2.30. The van der Waals surface area contributed by atoms with Crippen LogP contribution in [0.25, 0.3) is 0 Å². The molecule has 0 radical (unpaired) electrons. The molecule has 0 saturated carbocycles. The molecule has 7 nitrogen and oxygen atoms in total. The van der Waals surface area contributed by atoms with Crippen molar-refractivity contribution in [2.24, 2.45) is 0 Å². The summed E-state index contributed by atoms with van der Waals surface area (Å²) in [6, 6.07) is 23.1. The number of amides is 2. The summed E-state index contributed by atoms with van der Waals surface area (Å²) in [6.45, 7) is 3.58. The second-order valence-corrected chi connectivity index (χ2v) is 10.4. The molecule has 0 bridgehead atoms. The van der Waals surface area contributed by atoms with Gasteiger partial charge >= 0.3 is 0 Å². The number of rotatable bonds is 11. The summed E-state index contributed by atoms with van der Waals surface area (Å²) in [4.78, 5) is 27.8. The Bertz CT molecular complexity index is 1270. The largest absolute Gasteiger partial charge is 0.355 e. The van der Waals surface area contributed by atoms with Crippen LogP contribution in [0.5, 0.6) is 0 Å². The van der Waals surface area contributed by atoms with E-state index in [2.05, 4.69) is 5.32 Å². The number of nitrogens with one attached hydrogen (secondary N) is 1. The van der Waals surface area contributed by atoms with Crippen LogP contribution in [0.4, 0.5) is 5.69 Å².